The summed E-state index contributed by atoms with van der Waals surface area (Å²) in [5.74, 6) is -2.06. The predicted molar refractivity (Wildman–Crippen MR) is 59.6 cm³/mol. The molecule has 1 fully saturated rings. The van der Waals surface area contributed by atoms with Gasteiger partial charge in [0, 0.05) is 12.5 Å². The number of alkyl halides is 2. The van der Waals surface area contributed by atoms with Crippen LogP contribution in [0.2, 0.25) is 5.15 Å². The zero-order valence-corrected chi connectivity index (χ0v) is 9.95. The number of rotatable bonds is 2. The molecule has 0 radical (unpaired) electrons. The first-order valence-corrected chi connectivity index (χ1v) is 5.55. The minimum atomic E-state index is -2.81. The fraction of sp³-hybridized carbons (Fsp3) is 0.600. The lowest BCUT2D eigenvalue weighted by molar-refractivity contribution is 0.0201. The van der Waals surface area contributed by atoms with Crippen LogP contribution < -0.4 is 4.90 Å². The number of aliphatic hydroxyl groups is 1. The molecule has 7 heteroatoms. The molecule has 1 N–H and O–H groups in total. The molecule has 1 aromatic heterocycles. The van der Waals surface area contributed by atoms with E-state index in [2.05, 4.69) is 9.97 Å². The topological polar surface area (TPSA) is 49.2 Å². The minimum Gasteiger partial charge on any atom is -0.394 e. The molecule has 0 spiro atoms. The summed E-state index contributed by atoms with van der Waals surface area (Å²) in [4.78, 5) is 9.31. The van der Waals surface area contributed by atoms with Crippen LogP contribution in [0.15, 0.2) is 6.07 Å². The number of aliphatic hydroxyl groups excluding tert-OH is 1. The van der Waals surface area contributed by atoms with Crippen LogP contribution >= 0.6 is 11.6 Å². The molecule has 0 aromatic carbocycles. The molecule has 1 atom stereocenters. The van der Waals surface area contributed by atoms with Gasteiger partial charge in [-0.05, 0) is 6.92 Å². The Hall–Kier alpha value is -1.01. The molecular weight excluding hydrogens is 252 g/mol. The van der Waals surface area contributed by atoms with Crippen molar-refractivity contribution in [2.24, 2.45) is 0 Å². The van der Waals surface area contributed by atoms with E-state index in [1.54, 1.807) is 6.92 Å². The highest BCUT2D eigenvalue weighted by molar-refractivity contribution is 6.29. The third kappa shape index (κ3) is 2.63. The number of anilines is 1. The van der Waals surface area contributed by atoms with E-state index < -0.39 is 18.5 Å². The van der Waals surface area contributed by atoms with Crippen LogP contribution in [0.1, 0.15) is 12.2 Å². The Balaban J connectivity index is 2.32. The fourth-order valence-corrected chi connectivity index (χ4v) is 2.21. The van der Waals surface area contributed by atoms with Crippen molar-refractivity contribution in [1.29, 1.82) is 0 Å². The van der Waals surface area contributed by atoms with Gasteiger partial charge in [-0.15, -0.1) is 0 Å². The molecule has 1 aromatic rings. The third-order valence-corrected chi connectivity index (χ3v) is 2.87. The van der Waals surface area contributed by atoms with E-state index >= 15 is 0 Å². The predicted octanol–water partition coefficient (Wildman–Crippen LogP) is 1.64. The average molecular weight is 264 g/mol. The van der Waals surface area contributed by atoms with Gasteiger partial charge >= 0.3 is 0 Å². The molecule has 94 valence electrons. The molecule has 1 aliphatic heterocycles. The molecule has 2 rings (SSSR count). The lowest BCUT2D eigenvalue weighted by Crippen LogP contribution is -2.33. The first kappa shape index (κ1) is 12.4. The number of hydrogen-bond donors (Lipinski definition) is 1. The van der Waals surface area contributed by atoms with Crippen molar-refractivity contribution in [2.75, 3.05) is 18.1 Å². The summed E-state index contributed by atoms with van der Waals surface area (Å²) in [6, 6.07) is 0.800. The molecule has 2 heterocycles. The SMILES string of the molecule is Cc1nc(Cl)cc(N2CC(F)(F)C[C@@H]2CO)n1. The zero-order chi connectivity index (χ0) is 12.6. The molecule has 4 nitrogen and oxygen atoms in total. The lowest BCUT2D eigenvalue weighted by atomic mass is 10.2. The third-order valence-electron chi connectivity index (χ3n) is 2.67. The number of hydrogen-bond acceptors (Lipinski definition) is 4. The van der Waals surface area contributed by atoms with Gasteiger partial charge in [0.15, 0.2) is 0 Å². The first-order valence-electron chi connectivity index (χ1n) is 5.18. The minimum absolute atomic E-state index is 0.208. The maximum atomic E-state index is 13.3. The Morgan fingerprint density at radius 2 is 2.29 bits per heavy atom. The van der Waals surface area contributed by atoms with Gasteiger partial charge in [-0.3, -0.25) is 0 Å². The van der Waals surface area contributed by atoms with Crippen LogP contribution in [-0.2, 0) is 0 Å². The maximum absolute atomic E-state index is 13.3. The molecule has 0 unspecified atom stereocenters. The Morgan fingerprint density at radius 3 is 2.88 bits per heavy atom. The highest BCUT2D eigenvalue weighted by Crippen LogP contribution is 2.34. The quantitative estimate of drug-likeness (QED) is 0.825. The molecule has 1 aliphatic rings. The summed E-state index contributed by atoms with van der Waals surface area (Å²) in [5.41, 5.74) is 0. The number of halogens is 3. The number of aromatic nitrogens is 2. The molecule has 0 amide bonds. The van der Waals surface area contributed by atoms with Gasteiger partial charge < -0.3 is 10.0 Å². The Bertz CT molecular complexity index is 410. The summed E-state index contributed by atoms with van der Waals surface area (Å²) in [6.07, 6.45) is -0.371. The van der Waals surface area contributed by atoms with Crippen molar-refractivity contribution in [3.8, 4) is 0 Å². The van der Waals surface area contributed by atoms with Gasteiger partial charge in [0.05, 0.1) is 19.2 Å². The van der Waals surface area contributed by atoms with Gasteiger partial charge in [-0.2, -0.15) is 0 Å². The average Bonchev–Trinajstić information content (AvgIpc) is 2.52. The highest BCUT2D eigenvalue weighted by atomic mass is 35.5. The van der Waals surface area contributed by atoms with Crippen molar-refractivity contribution < 1.29 is 13.9 Å². The monoisotopic (exact) mass is 263 g/mol. The summed E-state index contributed by atoms with van der Waals surface area (Å²) in [5, 5.41) is 9.32. The molecule has 17 heavy (non-hydrogen) atoms. The van der Waals surface area contributed by atoms with Gasteiger partial charge in [0.1, 0.15) is 16.8 Å². The van der Waals surface area contributed by atoms with Gasteiger partial charge in [0.25, 0.3) is 5.92 Å². The molecule has 0 saturated carbocycles. The van der Waals surface area contributed by atoms with E-state index in [-0.39, 0.29) is 18.2 Å². The van der Waals surface area contributed by atoms with Gasteiger partial charge in [-0.25, -0.2) is 18.7 Å². The fourth-order valence-electron chi connectivity index (χ4n) is 1.99. The standard InChI is InChI=1S/C10H12ClF2N3O/c1-6-14-8(11)2-9(15-6)16-5-10(12,13)3-7(16)4-17/h2,7,17H,3-5H2,1H3/t7-/m1/s1. The second kappa shape index (κ2) is 4.34. The van der Waals surface area contributed by atoms with Crippen LogP contribution in [0.5, 0.6) is 0 Å². The van der Waals surface area contributed by atoms with E-state index in [9.17, 15) is 8.78 Å². The number of aryl methyl sites for hydroxylation is 1. The molecule has 0 aliphatic carbocycles. The maximum Gasteiger partial charge on any atom is 0.267 e. The van der Waals surface area contributed by atoms with Crippen LogP contribution in [0.25, 0.3) is 0 Å². The highest BCUT2D eigenvalue weighted by Gasteiger charge is 2.45. The zero-order valence-electron chi connectivity index (χ0n) is 9.20. The summed E-state index contributed by atoms with van der Waals surface area (Å²) < 4.78 is 26.6. The number of nitrogens with zero attached hydrogens (tertiary/aromatic N) is 3. The Morgan fingerprint density at radius 1 is 1.59 bits per heavy atom. The van der Waals surface area contributed by atoms with E-state index in [0.29, 0.717) is 11.6 Å². The van der Waals surface area contributed by atoms with Gasteiger partial charge in [-0.1, -0.05) is 11.6 Å². The first-order chi connectivity index (χ1) is 7.91. The second-order valence-corrected chi connectivity index (χ2v) is 4.51. The molecular formula is C10H12ClF2N3O. The van der Waals surface area contributed by atoms with E-state index in [1.807, 2.05) is 0 Å². The van der Waals surface area contributed by atoms with E-state index in [4.69, 9.17) is 16.7 Å². The van der Waals surface area contributed by atoms with Crippen LogP contribution in [0.4, 0.5) is 14.6 Å². The van der Waals surface area contributed by atoms with Crippen LogP contribution in [0, 0.1) is 6.92 Å². The summed E-state index contributed by atoms with van der Waals surface area (Å²) in [7, 11) is 0. The van der Waals surface area contributed by atoms with Gasteiger partial charge in [0.2, 0.25) is 0 Å². The summed E-state index contributed by atoms with van der Waals surface area (Å²) >= 11 is 5.76. The molecule has 0 bridgehead atoms. The normalized spacial score (nSPS) is 23.1. The molecule has 1 saturated heterocycles. The van der Waals surface area contributed by atoms with E-state index in [0.717, 1.165) is 0 Å². The Labute approximate surface area is 102 Å². The van der Waals surface area contributed by atoms with Crippen LogP contribution in [0.3, 0.4) is 0 Å². The van der Waals surface area contributed by atoms with E-state index in [1.165, 1.54) is 11.0 Å². The Kier molecular flexibility index (Phi) is 3.18. The summed E-state index contributed by atoms with van der Waals surface area (Å²) in [6.45, 7) is 0.846. The van der Waals surface area contributed by atoms with Crippen molar-refractivity contribution in [1.82, 2.24) is 9.97 Å². The van der Waals surface area contributed by atoms with Crippen molar-refractivity contribution in [3.05, 3.63) is 17.0 Å². The van der Waals surface area contributed by atoms with Crippen molar-refractivity contribution >= 4 is 17.4 Å². The second-order valence-electron chi connectivity index (χ2n) is 4.12. The largest absolute Gasteiger partial charge is 0.394 e. The van der Waals surface area contributed by atoms with Crippen molar-refractivity contribution in [2.45, 2.75) is 25.3 Å². The van der Waals surface area contributed by atoms with Crippen molar-refractivity contribution in [3.63, 3.8) is 0 Å². The smallest absolute Gasteiger partial charge is 0.267 e. The van der Waals surface area contributed by atoms with Crippen LogP contribution in [-0.4, -0.2) is 40.2 Å². The lowest BCUT2D eigenvalue weighted by Gasteiger charge is -2.23.